The van der Waals surface area contributed by atoms with Crippen LogP contribution in [0.4, 0.5) is 5.82 Å². The van der Waals surface area contributed by atoms with Crippen molar-refractivity contribution in [3.63, 3.8) is 0 Å². The van der Waals surface area contributed by atoms with Crippen LogP contribution < -0.4 is 10.2 Å². The van der Waals surface area contributed by atoms with E-state index in [2.05, 4.69) is 28.2 Å². The molecule has 3 heterocycles. The fraction of sp³-hybridized carbons (Fsp3) is 0.571. The fourth-order valence-corrected chi connectivity index (χ4v) is 2.88. The third-order valence-electron chi connectivity index (χ3n) is 3.84. The van der Waals surface area contributed by atoms with Crippen LogP contribution in [-0.4, -0.2) is 54.6 Å². The average Bonchev–Trinajstić information content (AvgIpc) is 2.82. The maximum absolute atomic E-state index is 12.4. The molecule has 1 unspecified atom stereocenters. The van der Waals surface area contributed by atoms with E-state index < -0.39 is 0 Å². The molecule has 2 aliphatic rings. The first-order chi connectivity index (χ1) is 9.24. The molecule has 0 bridgehead atoms. The van der Waals surface area contributed by atoms with Crippen molar-refractivity contribution in [3.8, 4) is 0 Å². The van der Waals surface area contributed by atoms with Gasteiger partial charge in [0.05, 0.1) is 6.54 Å². The zero-order valence-corrected chi connectivity index (χ0v) is 11.3. The first-order valence-electron chi connectivity index (χ1n) is 6.94. The average molecular weight is 260 g/mol. The van der Waals surface area contributed by atoms with Gasteiger partial charge in [-0.15, -0.1) is 0 Å². The van der Waals surface area contributed by atoms with E-state index in [1.54, 1.807) is 6.20 Å². The highest BCUT2D eigenvalue weighted by Gasteiger charge is 2.27. The zero-order chi connectivity index (χ0) is 13.2. The summed E-state index contributed by atoms with van der Waals surface area (Å²) in [5.74, 6) is 1.03. The lowest BCUT2D eigenvalue weighted by Crippen LogP contribution is -2.52. The predicted octanol–water partition coefficient (Wildman–Crippen LogP) is 0.264. The standard InChI is InChI=1S/C14H20N4O/c1-11-9-17(8-6-15-11)10-13(19)18-7-4-12-3-2-5-16-14(12)18/h2-3,5,11,15H,4,6-10H2,1H3. The molecule has 102 valence electrons. The van der Waals surface area contributed by atoms with Crippen LogP contribution in [-0.2, 0) is 11.2 Å². The van der Waals surface area contributed by atoms with Gasteiger partial charge in [0, 0.05) is 38.4 Å². The number of anilines is 1. The summed E-state index contributed by atoms with van der Waals surface area (Å²) in [6.07, 6.45) is 2.68. The molecule has 1 fully saturated rings. The molecule has 5 heteroatoms. The maximum Gasteiger partial charge on any atom is 0.242 e. The molecule has 3 rings (SSSR count). The largest absolute Gasteiger partial charge is 0.312 e. The predicted molar refractivity (Wildman–Crippen MR) is 74.2 cm³/mol. The van der Waals surface area contributed by atoms with E-state index in [1.165, 1.54) is 5.56 Å². The molecule has 0 aromatic carbocycles. The molecule has 5 nitrogen and oxygen atoms in total. The van der Waals surface area contributed by atoms with Crippen LogP contribution in [0.2, 0.25) is 0 Å². The quantitative estimate of drug-likeness (QED) is 0.829. The number of hydrogen-bond donors (Lipinski definition) is 1. The Labute approximate surface area is 113 Å². The lowest BCUT2D eigenvalue weighted by Gasteiger charge is -2.32. The van der Waals surface area contributed by atoms with Crippen LogP contribution in [0.15, 0.2) is 18.3 Å². The van der Waals surface area contributed by atoms with Crippen molar-refractivity contribution in [1.82, 2.24) is 15.2 Å². The minimum atomic E-state index is 0.173. The van der Waals surface area contributed by atoms with E-state index in [0.29, 0.717) is 12.6 Å². The summed E-state index contributed by atoms with van der Waals surface area (Å²) in [6, 6.07) is 4.46. The number of piperazine rings is 1. The lowest BCUT2D eigenvalue weighted by molar-refractivity contribution is -0.119. The summed E-state index contributed by atoms with van der Waals surface area (Å²) in [5.41, 5.74) is 1.18. The Morgan fingerprint density at radius 2 is 2.42 bits per heavy atom. The number of fused-ring (bicyclic) bond motifs is 1. The third kappa shape index (κ3) is 2.62. The van der Waals surface area contributed by atoms with Crippen molar-refractivity contribution in [1.29, 1.82) is 0 Å². The van der Waals surface area contributed by atoms with Gasteiger partial charge in [-0.2, -0.15) is 0 Å². The molecule has 1 aromatic heterocycles. The topological polar surface area (TPSA) is 48.5 Å². The van der Waals surface area contributed by atoms with Crippen LogP contribution in [0.3, 0.4) is 0 Å². The van der Waals surface area contributed by atoms with Crippen molar-refractivity contribution in [2.24, 2.45) is 0 Å². The number of hydrogen-bond acceptors (Lipinski definition) is 4. The van der Waals surface area contributed by atoms with Gasteiger partial charge >= 0.3 is 0 Å². The molecule has 1 amide bonds. The minimum absolute atomic E-state index is 0.173. The van der Waals surface area contributed by atoms with Crippen molar-refractivity contribution in [3.05, 3.63) is 23.9 Å². The highest BCUT2D eigenvalue weighted by Crippen LogP contribution is 2.24. The molecule has 0 saturated carbocycles. The molecule has 2 aliphatic heterocycles. The molecule has 0 radical (unpaired) electrons. The molecule has 0 aliphatic carbocycles. The number of rotatable bonds is 2. The number of carbonyl (C=O) groups is 1. The second kappa shape index (κ2) is 5.27. The highest BCUT2D eigenvalue weighted by molar-refractivity contribution is 5.95. The smallest absolute Gasteiger partial charge is 0.242 e. The number of aromatic nitrogens is 1. The maximum atomic E-state index is 12.4. The number of nitrogens with one attached hydrogen (secondary N) is 1. The Morgan fingerprint density at radius 3 is 3.26 bits per heavy atom. The van der Waals surface area contributed by atoms with Crippen molar-refractivity contribution < 1.29 is 4.79 Å². The second-order valence-electron chi connectivity index (χ2n) is 5.37. The van der Waals surface area contributed by atoms with Gasteiger partial charge < -0.3 is 5.32 Å². The van der Waals surface area contributed by atoms with Gasteiger partial charge in [-0.1, -0.05) is 6.07 Å². The Balaban J connectivity index is 1.65. The van der Waals surface area contributed by atoms with E-state index in [4.69, 9.17) is 0 Å². The Morgan fingerprint density at radius 1 is 1.53 bits per heavy atom. The van der Waals surface area contributed by atoms with Gasteiger partial charge in [0.1, 0.15) is 5.82 Å². The van der Waals surface area contributed by atoms with Gasteiger partial charge in [0.25, 0.3) is 0 Å². The fourth-order valence-electron chi connectivity index (χ4n) is 2.88. The second-order valence-corrected chi connectivity index (χ2v) is 5.37. The Hall–Kier alpha value is -1.46. The Bertz CT molecular complexity index is 476. The lowest BCUT2D eigenvalue weighted by atomic mass is 10.2. The van der Waals surface area contributed by atoms with E-state index in [0.717, 1.165) is 38.4 Å². The summed E-state index contributed by atoms with van der Waals surface area (Å²) >= 11 is 0. The Kier molecular flexibility index (Phi) is 3.48. The molecular formula is C14H20N4O. The SMILES string of the molecule is CC1CN(CC(=O)N2CCc3cccnc32)CCN1. The van der Waals surface area contributed by atoms with Gasteiger partial charge in [-0.3, -0.25) is 14.6 Å². The first kappa shape index (κ1) is 12.6. The molecular weight excluding hydrogens is 240 g/mol. The number of nitrogens with zero attached hydrogens (tertiary/aromatic N) is 3. The van der Waals surface area contributed by atoms with Gasteiger partial charge in [-0.25, -0.2) is 4.98 Å². The summed E-state index contributed by atoms with van der Waals surface area (Å²) in [5, 5.41) is 3.39. The number of carbonyl (C=O) groups excluding carboxylic acids is 1. The summed E-state index contributed by atoms with van der Waals surface area (Å²) in [4.78, 5) is 20.8. The summed E-state index contributed by atoms with van der Waals surface area (Å²) in [6.45, 7) is 6.27. The molecule has 1 atom stereocenters. The molecule has 1 saturated heterocycles. The van der Waals surface area contributed by atoms with Crippen molar-refractivity contribution >= 4 is 11.7 Å². The van der Waals surface area contributed by atoms with Crippen molar-refractivity contribution in [2.45, 2.75) is 19.4 Å². The first-order valence-corrected chi connectivity index (χ1v) is 6.94. The van der Waals surface area contributed by atoms with Gasteiger partial charge in [-0.05, 0) is 25.0 Å². The molecule has 0 spiro atoms. The number of amides is 1. The highest BCUT2D eigenvalue weighted by atomic mass is 16.2. The summed E-state index contributed by atoms with van der Waals surface area (Å²) < 4.78 is 0. The zero-order valence-electron chi connectivity index (χ0n) is 11.3. The molecule has 1 N–H and O–H groups in total. The van der Waals surface area contributed by atoms with Gasteiger partial charge in [0.2, 0.25) is 5.91 Å². The van der Waals surface area contributed by atoms with E-state index in [-0.39, 0.29) is 5.91 Å². The van der Waals surface area contributed by atoms with Gasteiger partial charge in [0.15, 0.2) is 0 Å². The van der Waals surface area contributed by atoms with Crippen LogP contribution in [0.25, 0.3) is 0 Å². The normalized spacial score (nSPS) is 23.4. The van der Waals surface area contributed by atoms with Crippen LogP contribution in [0.1, 0.15) is 12.5 Å². The van der Waals surface area contributed by atoms with Crippen LogP contribution in [0.5, 0.6) is 0 Å². The van der Waals surface area contributed by atoms with Crippen LogP contribution >= 0.6 is 0 Å². The van der Waals surface area contributed by atoms with E-state index in [9.17, 15) is 4.79 Å². The minimum Gasteiger partial charge on any atom is -0.312 e. The van der Waals surface area contributed by atoms with Crippen molar-refractivity contribution in [2.75, 3.05) is 37.6 Å². The molecule has 19 heavy (non-hydrogen) atoms. The van der Waals surface area contributed by atoms with Crippen LogP contribution in [0, 0.1) is 0 Å². The third-order valence-corrected chi connectivity index (χ3v) is 3.84. The summed E-state index contributed by atoms with van der Waals surface area (Å²) in [7, 11) is 0. The monoisotopic (exact) mass is 260 g/mol. The van der Waals surface area contributed by atoms with E-state index in [1.807, 2.05) is 11.0 Å². The molecule has 1 aromatic rings. The van der Waals surface area contributed by atoms with E-state index >= 15 is 0 Å². The number of pyridine rings is 1.